The van der Waals surface area contributed by atoms with Crippen LogP contribution in [-0.4, -0.2) is 56.0 Å². The summed E-state index contributed by atoms with van der Waals surface area (Å²) in [5.41, 5.74) is 1.11. The van der Waals surface area contributed by atoms with Gasteiger partial charge in [-0.15, -0.1) is 0 Å². The zero-order chi connectivity index (χ0) is 19.9. The SMILES string of the molecule is COc1cccc(N2CCN(C(=O)CNC(=O)CC3CCCCC3)CC2C)c1. The maximum absolute atomic E-state index is 12.6. The van der Waals surface area contributed by atoms with Gasteiger partial charge >= 0.3 is 0 Å². The van der Waals surface area contributed by atoms with Crippen molar-refractivity contribution in [2.45, 2.75) is 51.5 Å². The summed E-state index contributed by atoms with van der Waals surface area (Å²) in [6.07, 6.45) is 6.60. The van der Waals surface area contributed by atoms with Crippen molar-refractivity contribution in [3.8, 4) is 5.75 Å². The van der Waals surface area contributed by atoms with Gasteiger partial charge in [0.2, 0.25) is 11.8 Å². The van der Waals surface area contributed by atoms with Crippen molar-refractivity contribution in [1.82, 2.24) is 10.2 Å². The van der Waals surface area contributed by atoms with E-state index in [2.05, 4.69) is 23.2 Å². The maximum atomic E-state index is 12.6. The predicted molar refractivity (Wildman–Crippen MR) is 111 cm³/mol. The van der Waals surface area contributed by atoms with Gasteiger partial charge in [0, 0.05) is 43.9 Å². The van der Waals surface area contributed by atoms with Gasteiger partial charge in [-0.3, -0.25) is 9.59 Å². The third-order valence-corrected chi connectivity index (χ3v) is 6.00. The molecule has 6 nitrogen and oxygen atoms in total. The van der Waals surface area contributed by atoms with E-state index in [0.29, 0.717) is 25.4 Å². The van der Waals surface area contributed by atoms with Crippen LogP contribution in [0.3, 0.4) is 0 Å². The van der Waals surface area contributed by atoms with Gasteiger partial charge in [0.15, 0.2) is 0 Å². The zero-order valence-electron chi connectivity index (χ0n) is 17.2. The number of ether oxygens (including phenoxy) is 1. The zero-order valence-corrected chi connectivity index (χ0v) is 17.2. The minimum Gasteiger partial charge on any atom is -0.497 e. The summed E-state index contributed by atoms with van der Waals surface area (Å²) >= 11 is 0. The van der Waals surface area contributed by atoms with Gasteiger partial charge < -0.3 is 19.9 Å². The molecule has 3 rings (SSSR count). The van der Waals surface area contributed by atoms with Crippen LogP contribution in [-0.2, 0) is 9.59 Å². The number of anilines is 1. The number of benzene rings is 1. The van der Waals surface area contributed by atoms with E-state index in [0.717, 1.165) is 30.8 Å². The van der Waals surface area contributed by atoms with Crippen LogP contribution >= 0.6 is 0 Å². The first-order valence-corrected chi connectivity index (χ1v) is 10.5. The van der Waals surface area contributed by atoms with Gasteiger partial charge in [0.05, 0.1) is 13.7 Å². The Kier molecular flexibility index (Phi) is 7.18. The molecule has 1 atom stereocenters. The smallest absolute Gasteiger partial charge is 0.242 e. The van der Waals surface area contributed by atoms with Gasteiger partial charge in [-0.1, -0.05) is 25.3 Å². The number of rotatable bonds is 6. The molecule has 1 aromatic rings. The number of piperazine rings is 1. The van der Waals surface area contributed by atoms with Crippen LogP contribution < -0.4 is 15.0 Å². The molecule has 1 N–H and O–H groups in total. The van der Waals surface area contributed by atoms with E-state index in [-0.39, 0.29) is 24.4 Å². The maximum Gasteiger partial charge on any atom is 0.242 e. The van der Waals surface area contributed by atoms with Crippen molar-refractivity contribution in [3.63, 3.8) is 0 Å². The molecule has 1 aromatic carbocycles. The van der Waals surface area contributed by atoms with Gasteiger partial charge in [-0.05, 0) is 37.8 Å². The Morgan fingerprint density at radius 1 is 1.18 bits per heavy atom. The second kappa shape index (κ2) is 9.80. The molecule has 2 aliphatic rings. The molecule has 2 fully saturated rings. The number of methoxy groups -OCH3 is 1. The summed E-state index contributed by atoms with van der Waals surface area (Å²) in [5.74, 6) is 1.36. The van der Waals surface area contributed by atoms with Crippen LogP contribution in [0.2, 0.25) is 0 Å². The average molecular weight is 388 g/mol. The van der Waals surface area contributed by atoms with Crippen LogP contribution in [0.25, 0.3) is 0 Å². The standard InChI is InChI=1S/C22H33N3O3/c1-17-16-24(11-12-25(17)19-9-6-10-20(14-19)28-2)22(27)15-23-21(26)13-18-7-4-3-5-8-18/h6,9-10,14,17-18H,3-5,7-8,11-13,15-16H2,1-2H3,(H,23,26). The molecule has 28 heavy (non-hydrogen) atoms. The summed E-state index contributed by atoms with van der Waals surface area (Å²) in [6, 6.07) is 8.23. The molecule has 1 aliphatic heterocycles. The highest BCUT2D eigenvalue weighted by Crippen LogP contribution is 2.26. The lowest BCUT2D eigenvalue weighted by Crippen LogP contribution is -2.55. The van der Waals surface area contributed by atoms with Crippen LogP contribution in [0.4, 0.5) is 5.69 Å². The van der Waals surface area contributed by atoms with Gasteiger partial charge in [-0.2, -0.15) is 0 Å². The summed E-state index contributed by atoms with van der Waals surface area (Å²) in [6.45, 7) is 4.33. The van der Waals surface area contributed by atoms with E-state index in [9.17, 15) is 9.59 Å². The number of nitrogens with one attached hydrogen (secondary N) is 1. The van der Waals surface area contributed by atoms with E-state index in [1.54, 1.807) is 7.11 Å². The van der Waals surface area contributed by atoms with Crippen molar-refractivity contribution >= 4 is 17.5 Å². The molecule has 1 saturated carbocycles. The predicted octanol–water partition coefficient (Wildman–Crippen LogP) is 2.82. The monoisotopic (exact) mass is 387 g/mol. The van der Waals surface area contributed by atoms with Crippen molar-refractivity contribution in [1.29, 1.82) is 0 Å². The van der Waals surface area contributed by atoms with Crippen LogP contribution in [0.15, 0.2) is 24.3 Å². The lowest BCUT2D eigenvalue weighted by atomic mass is 9.87. The van der Waals surface area contributed by atoms with E-state index >= 15 is 0 Å². The molecule has 0 aromatic heterocycles. The first-order chi connectivity index (χ1) is 13.6. The Labute approximate surface area is 168 Å². The first-order valence-electron chi connectivity index (χ1n) is 10.5. The number of nitrogens with zero attached hydrogens (tertiary/aromatic N) is 2. The Balaban J connectivity index is 1.45. The second-order valence-corrected chi connectivity index (χ2v) is 8.07. The highest BCUT2D eigenvalue weighted by atomic mass is 16.5. The molecule has 1 unspecified atom stereocenters. The minimum absolute atomic E-state index is 0.00846. The van der Waals surface area contributed by atoms with E-state index in [4.69, 9.17) is 4.74 Å². The highest BCUT2D eigenvalue weighted by Gasteiger charge is 2.27. The molecule has 154 valence electrons. The lowest BCUT2D eigenvalue weighted by Gasteiger charge is -2.41. The molecular formula is C22H33N3O3. The Hall–Kier alpha value is -2.24. The molecule has 1 heterocycles. The molecule has 0 spiro atoms. The molecular weight excluding hydrogens is 354 g/mol. The molecule has 1 aliphatic carbocycles. The molecule has 0 radical (unpaired) electrons. The Morgan fingerprint density at radius 3 is 2.68 bits per heavy atom. The fourth-order valence-electron chi connectivity index (χ4n) is 4.37. The molecule has 2 amide bonds. The average Bonchev–Trinajstić information content (AvgIpc) is 2.72. The molecule has 0 bridgehead atoms. The van der Waals surface area contributed by atoms with Crippen molar-refractivity contribution < 1.29 is 14.3 Å². The van der Waals surface area contributed by atoms with E-state index < -0.39 is 0 Å². The highest BCUT2D eigenvalue weighted by molar-refractivity contribution is 5.85. The van der Waals surface area contributed by atoms with Crippen molar-refractivity contribution in [2.24, 2.45) is 5.92 Å². The van der Waals surface area contributed by atoms with Crippen LogP contribution in [0.1, 0.15) is 45.4 Å². The normalized spacial score (nSPS) is 20.7. The van der Waals surface area contributed by atoms with Gasteiger partial charge in [-0.25, -0.2) is 0 Å². The van der Waals surface area contributed by atoms with Crippen LogP contribution in [0.5, 0.6) is 5.75 Å². The minimum atomic E-state index is 0.00846. The number of hydrogen-bond donors (Lipinski definition) is 1. The molecule has 1 saturated heterocycles. The van der Waals surface area contributed by atoms with E-state index in [1.165, 1.54) is 19.3 Å². The number of amides is 2. The number of carbonyl (C=O) groups excluding carboxylic acids is 2. The van der Waals surface area contributed by atoms with E-state index in [1.807, 2.05) is 23.1 Å². The van der Waals surface area contributed by atoms with Crippen molar-refractivity contribution in [3.05, 3.63) is 24.3 Å². The lowest BCUT2D eigenvalue weighted by molar-refractivity contribution is -0.133. The van der Waals surface area contributed by atoms with Gasteiger partial charge in [0.1, 0.15) is 5.75 Å². The Bertz CT molecular complexity index is 673. The fourth-order valence-corrected chi connectivity index (χ4v) is 4.37. The number of carbonyl (C=O) groups is 2. The topological polar surface area (TPSA) is 61.9 Å². The quantitative estimate of drug-likeness (QED) is 0.815. The first kappa shape index (κ1) is 20.5. The fraction of sp³-hybridized carbons (Fsp3) is 0.636. The van der Waals surface area contributed by atoms with Crippen LogP contribution in [0, 0.1) is 5.92 Å². The third-order valence-electron chi connectivity index (χ3n) is 6.00. The summed E-state index contributed by atoms with van der Waals surface area (Å²) < 4.78 is 5.32. The molecule has 6 heteroatoms. The van der Waals surface area contributed by atoms with Crippen molar-refractivity contribution in [2.75, 3.05) is 38.2 Å². The summed E-state index contributed by atoms with van der Waals surface area (Å²) in [7, 11) is 1.67. The summed E-state index contributed by atoms with van der Waals surface area (Å²) in [4.78, 5) is 28.9. The number of hydrogen-bond acceptors (Lipinski definition) is 4. The summed E-state index contributed by atoms with van der Waals surface area (Å²) in [5, 5.41) is 2.84. The Morgan fingerprint density at radius 2 is 1.96 bits per heavy atom. The largest absolute Gasteiger partial charge is 0.497 e. The second-order valence-electron chi connectivity index (χ2n) is 8.07. The third kappa shape index (κ3) is 5.40. The van der Waals surface area contributed by atoms with Gasteiger partial charge in [0.25, 0.3) is 0 Å².